The van der Waals surface area contributed by atoms with Crippen LogP contribution in [-0.4, -0.2) is 56.6 Å². The molecule has 0 rings (SSSR count). The van der Waals surface area contributed by atoms with Gasteiger partial charge in [0.25, 0.3) is 0 Å². The highest BCUT2D eigenvalue weighted by Crippen LogP contribution is 2.07. The van der Waals surface area contributed by atoms with Gasteiger partial charge in [-0.15, -0.1) is 0 Å². The van der Waals surface area contributed by atoms with E-state index in [0.717, 1.165) is 12.8 Å². The van der Waals surface area contributed by atoms with Gasteiger partial charge >= 0.3 is 0 Å². The molecule has 0 aliphatic carbocycles. The van der Waals surface area contributed by atoms with E-state index in [9.17, 15) is 9.59 Å². The minimum absolute atomic E-state index is 0.0376. The number of hydrogen-bond acceptors (Lipinski definition) is 4. The first-order chi connectivity index (χ1) is 8.93. The molecule has 0 spiro atoms. The summed E-state index contributed by atoms with van der Waals surface area (Å²) in [6.45, 7) is 5.11. The Morgan fingerprint density at radius 3 is 2.58 bits per heavy atom. The lowest BCUT2D eigenvalue weighted by Gasteiger charge is -2.24. The Labute approximate surface area is 115 Å². The first-order valence-electron chi connectivity index (χ1n) is 6.70. The molecule has 0 heterocycles. The van der Waals surface area contributed by atoms with Crippen molar-refractivity contribution in [3.05, 3.63) is 0 Å². The lowest BCUT2D eigenvalue weighted by atomic mass is 9.99. The highest BCUT2D eigenvalue weighted by Gasteiger charge is 2.23. The molecule has 2 atom stereocenters. The van der Waals surface area contributed by atoms with Crippen molar-refractivity contribution in [3.8, 4) is 0 Å². The van der Waals surface area contributed by atoms with Gasteiger partial charge in [0.15, 0.2) is 0 Å². The lowest BCUT2D eigenvalue weighted by Crippen LogP contribution is -2.48. The van der Waals surface area contributed by atoms with Gasteiger partial charge in [-0.05, 0) is 12.3 Å². The third-order valence-electron chi connectivity index (χ3n) is 3.15. The van der Waals surface area contributed by atoms with Crippen molar-refractivity contribution >= 4 is 11.8 Å². The van der Waals surface area contributed by atoms with Gasteiger partial charge in [0.2, 0.25) is 11.8 Å². The van der Waals surface area contributed by atoms with Gasteiger partial charge in [-0.25, -0.2) is 0 Å². The van der Waals surface area contributed by atoms with E-state index in [4.69, 9.17) is 10.5 Å². The quantitative estimate of drug-likeness (QED) is 0.578. The molecule has 3 N–H and O–H groups in total. The maximum absolute atomic E-state index is 12.0. The van der Waals surface area contributed by atoms with E-state index in [1.807, 2.05) is 13.8 Å². The topological polar surface area (TPSA) is 84.7 Å². The highest BCUT2D eigenvalue weighted by molar-refractivity contribution is 5.87. The van der Waals surface area contributed by atoms with E-state index >= 15 is 0 Å². The molecule has 0 aromatic rings. The fourth-order valence-corrected chi connectivity index (χ4v) is 1.55. The van der Waals surface area contributed by atoms with Crippen LogP contribution in [0.2, 0.25) is 0 Å². The van der Waals surface area contributed by atoms with E-state index in [-0.39, 0.29) is 24.3 Å². The van der Waals surface area contributed by atoms with Crippen LogP contribution >= 0.6 is 0 Å². The summed E-state index contributed by atoms with van der Waals surface area (Å²) in [5.41, 5.74) is 5.85. The van der Waals surface area contributed by atoms with Crippen LogP contribution in [0.25, 0.3) is 0 Å². The number of nitrogens with zero attached hydrogens (tertiary/aromatic N) is 1. The number of carbonyl (C=O) groups is 2. The Hall–Kier alpha value is -1.14. The van der Waals surface area contributed by atoms with Gasteiger partial charge in [0.05, 0.1) is 12.6 Å². The Bertz CT molecular complexity index is 284. The number of nitrogens with two attached hydrogens (primary N) is 1. The molecule has 0 radical (unpaired) electrons. The van der Waals surface area contributed by atoms with Crippen LogP contribution in [0.5, 0.6) is 0 Å². The van der Waals surface area contributed by atoms with Crippen molar-refractivity contribution in [2.45, 2.75) is 32.7 Å². The molecule has 0 bridgehead atoms. The van der Waals surface area contributed by atoms with E-state index in [1.54, 1.807) is 14.2 Å². The van der Waals surface area contributed by atoms with Crippen LogP contribution in [0.4, 0.5) is 0 Å². The smallest absolute Gasteiger partial charge is 0.239 e. The standard InChI is InChI=1S/C13H27N3O3/c1-5-10(2)12(14)13(18)16(3)9-11(17)15-7-6-8-19-4/h10,12H,5-9,14H2,1-4H3,(H,15,17)/t10-,12-/m0/s1. The van der Waals surface area contributed by atoms with Gasteiger partial charge < -0.3 is 20.7 Å². The third kappa shape index (κ3) is 7.12. The minimum Gasteiger partial charge on any atom is -0.385 e. The lowest BCUT2D eigenvalue weighted by molar-refractivity contribution is -0.136. The molecule has 0 unspecified atom stereocenters. The van der Waals surface area contributed by atoms with Crippen LogP contribution in [0, 0.1) is 5.92 Å². The molecule has 6 heteroatoms. The molecule has 6 nitrogen and oxygen atoms in total. The number of amides is 2. The van der Waals surface area contributed by atoms with Crippen molar-refractivity contribution in [2.24, 2.45) is 11.7 Å². The Balaban J connectivity index is 4.04. The van der Waals surface area contributed by atoms with Crippen molar-refractivity contribution in [3.63, 3.8) is 0 Å². The number of methoxy groups -OCH3 is 1. The van der Waals surface area contributed by atoms with Gasteiger partial charge in [0.1, 0.15) is 0 Å². The molecule has 0 saturated heterocycles. The monoisotopic (exact) mass is 273 g/mol. The molecule has 0 aromatic heterocycles. The van der Waals surface area contributed by atoms with Crippen molar-refractivity contribution < 1.29 is 14.3 Å². The van der Waals surface area contributed by atoms with Gasteiger partial charge in [0, 0.05) is 27.3 Å². The number of nitrogens with one attached hydrogen (secondary N) is 1. The summed E-state index contributed by atoms with van der Waals surface area (Å²) >= 11 is 0. The highest BCUT2D eigenvalue weighted by atomic mass is 16.5. The summed E-state index contributed by atoms with van der Waals surface area (Å²) in [7, 11) is 3.21. The van der Waals surface area contributed by atoms with Gasteiger partial charge in [-0.3, -0.25) is 9.59 Å². The maximum atomic E-state index is 12.0. The first-order valence-corrected chi connectivity index (χ1v) is 6.70. The SMILES string of the molecule is CC[C@H](C)[C@H](N)C(=O)N(C)CC(=O)NCCCOC. The predicted octanol–water partition coefficient (Wildman–Crippen LogP) is -0.0291. The summed E-state index contributed by atoms with van der Waals surface area (Å²) in [5.74, 6) is -0.260. The zero-order valence-corrected chi connectivity index (χ0v) is 12.4. The molecule has 0 aliphatic rings. The fourth-order valence-electron chi connectivity index (χ4n) is 1.55. The van der Waals surface area contributed by atoms with Crippen LogP contribution in [-0.2, 0) is 14.3 Å². The van der Waals surface area contributed by atoms with Crippen LogP contribution in [0.15, 0.2) is 0 Å². The minimum atomic E-state index is -0.545. The van der Waals surface area contributed by atoms with Crippen LogP contribution in [0.3, 0.4) is 0 Å². The van der Waals surface area contributed by atoms with Crippen LogP contribution in [0.1, 0.15) is 26.7 Å². The molecule has 0 fully saturated rings. The number of likely N-dealkylation sites (N-methyl/N-ethyl adjacent to an activating group) is 1. The summed E-state index contributed by atoms with van der Waals surface area (Å²) in [5, 5.41) is 2.73. The average Bonchev–Trinajstić information content (AvgIpc) is 2.40. The van der Waals surface area contributed by atoms with Crippen molar-refractivity contribution in [1.82, 2.24) is 10.2 Å². The number of carbonyl (C=O) groups excluding carboxylic acids is 2. The number of hydrogen-bond donors (Lipinski definition) is 2. The zero-order chi connectivity index (χ0) is 14.8. The molecule has 19 heavy (non-hydrogen) atoms. The van der Waals surface area contributed by atoms with Crippen LogP contribution < -0.4 is 11.1 Å². The molecule has 0 aliphatic heterocycles. The Morgan fingerprint density at radius 2 is 2.05 bits per heavy atom. The normalized spacial score (nSPS) is 13.7. The first kappa shape index (κ1) is 17.9. The van der Waals surface area contributed by atoms with Crippen molar-refractivity contribution in [1.29, 1.82) is 0 Å². The summed E-state index contributed by atoms with van der Waals surface area (Å²) in [6.07, 6.45) is 1.59. The molecule has 0 saturated carbocycles. The fraction of sp³-hybridized carbons (Fsp3) is 0.846. The largest absolute Gasteiger partial charge is 0.385 e. The molecule has 112 valence electrons. The average molecular weight is 273 g/mol. The summed E-state index contributed by atoms with van der Waals surface area (Å²) in [4.78, 5) is 24.9. The molecular weight excluding hydrogens is 246 g/mol. The number of ether oxygens (including phenoxy) is 1. The Morgan fingerprint density at radius 1 is 1.42 bits per heavy atom. The molecule has 0 aromatic carbocycles. The second kappa shape index (κ2) is 9.75. The Kier molecular flexibility index (Phi) is 9.16. The van der Waals surface area contributed by atoms with E-state index in [2.05, 4.69) is 5.32 Å². The molecular formula is C13H27N3O3. The second-order valence-corrected chi connectivity index (χ2v) is 4.80. The zero-order valence-electron chi connectivity index (χ0n) is 12.4. The maximum Gasteiger partial charge on any atom is 0.239 e. The van der Waals surface area contributed by atoms with Crippen molar-refractivity contribution in [2.75, 3.05) is 33.9 Å². The predicted molar refractivity (Wildman–Crippen MR) is 74.6 cm³/mol. The van der Waals surface area contributed by atoms with Gasteiger partial charge in [-0.1, -0.05) is 20.3 Å². The van der Waals surface area contributed by atoms with Gasteiger partial charge in [-0.2, -0.15) is 0 Å². The van der Waals surface area contributed by atoms with E-state index < -0.39 is 6.04 Å². The summed E-state index contributed by atoms with van der Waals surface area (Å²) in [6, 6.07) is -0.545. The number of rotatable bonds is 9. The molecule has 2 amide bonds. The summed E-state index contributed by atoms with van der Waals surface area (Å²) < 4.78 is 4.88. The second-order valence-electron chi connectivity index (χ2n) is 4.80. The van der Waals surface area contributed by atoms with E-state index in [0.29, 0.717) is 13.2 Å². The van der Waals surface area contributed by atoms with E-state index in [1.165, 1.54) is 4.90 Å². The third-order valence-corrected chi connectivity index (χ3v) is 3.15.